The molecule has 3 rings (SSSR count). The fraction of sp³-hybridized carbons (Fsp3) is 0.350. The Hall–Kier alpha value is -2.74. The number of benzene rings is 2. The fourth-order valence-electron chi connectivity index (χ4n) is 3.13. The van der Waals surface area contributed by atoms with Crippen LogP contribution >= 0.6 is 11.8 Å². The Bertz CT molecular complexity index is 845. The number of hydrogen-bond donors (Lipinski definition) is 1. The molecule has 0 radical (unpaired) electrons. The molecule has 1 N–H and O–H groups in total. The number of thioether (sulfide) groups is 1. The van der Waals surface area contributed by atoms with Gasteiger partial charge in [0.2, 0.25) is 0 Å². The summed E-state index contributed by atoms with van der Waals surface area (Å²) in [6.45, 7) is 0.625. The van der Waals surface area contributed by atoms with E-state index in [-0.39, 0.29) is 11.4 Å². The van der Waals surface area contributed by atoms with Crippen LogP contribution in [-0.2, 0) is 0 Å². The van der Waals surface area contributed by atoms with Gasteiger partial charge >= 0.3 is 6.03 Å². The zero-order chi connectivity index (χ0) is 20.1. The summed E-state index contributed by atoms with van der Waals surface area (Å²) in [6.07, 6.45) is 0. The van der Waals surface area contributed by atoms with Gasteiger partial charge in [-0.15, -0.1) is 11.8 Å². The van der Waals surface area contributed by atoms with Crippen LogP contribution in [0.15, 0.2) is 36.4 Å². The van der Waals surface area contributed by atoms with Crippen molar-refractivity contribution in [3.63, 3.8) is 0 Å². The average molecular weight is 404 g/mol. The zero-order valence-corrected chi connectivity index (χ0v) is 17.2. The number of para-hydroxylation sites is 1. The Morgan fingerprint density at radius 1 is 1.04 bits per heavy atom. The maximum atomic E-state index is 13.0. The summed E-state index contributed by atoms with van der Waals surface area (Å²) in [5.74, 6) is 3.31. The van der Waals surface area contributed by atoms with E-state index in [4.69, 9.17) is 18.9 Å². The van der Waals surface area contributed by atoms with E-state index in [0.29, 0.717) is 35.2 Å². The summed E-state index contributed by atoms with van der Waals surface area (Å²) in [7, 11) is 6.35. The van der Waals surface area contributed by atoms with E-state index in [0.717, 1.165) is 11.3 Å². The normalized spacial score (nSPS) is 15.9. The van der Waals surface area contributed by atoms with Crippen LogP contribution in [0, 0.1) is 0 Å². The molecule has 2 amide bonds. The number of methoxy groups -OCH3 is 4. The van der Waals surface area contributed by atoms with Crippen molar-refractivity contribution in [2.24, 2.45) is 0 Å². The first-order valence-electron chi connectivity index (χ1n) is 8.75. The lowest BCUT2D eigenvalue weighted by Gasteiger charge is -2.26. The second kappa shape index (κ2) is 8.97. The molecule has 1 saturated heterocycles. The van der Waals surface area contributed by atoms with Crippen LogP contribution in [-0.4, -0.2) is 51.7 Å². The van der Waals surface area contributed by atoms with E-state index in [2.05, 4.69) is 5.32 Å². The van der Waals surface area contributed by atoms with E-state index in [9.17, 15) is 4.79 Å². The number of urea groups is 1. The molecular formula is C20H24N2O5S. The highest BCUT2D eigenvalue weighted by atomic mass is 32.2. The highest BCUT2D eigenvalue weighted by Gasteiger charge is 2.33. The van der Waals surface area contributed by atoms with Crippen LogP contribution in [0.3, 0.4) is 0 Å². The molecule has 0 unspecified atom stereocenters. The standard InChI is InChI=1S/C20H24N2O5S/c1-24-13-8-9-15(17(12-13)26-3)21-20(23)22-10-11-28-19(22)14-6-5-7-16(25-2)18(14)27-4/h5-9,12,19H,10-11H2,1-4H3,(H,21,23)/t19-/m0/s1. The number of anilines is 1. The van der Waals surface area contributed by atoms with Crippen LogP contribution in [0.4, 0.5) is 10.5 Å². The van der Waals surface area contributed by atoms with Gasteiger partial charge in [-0.25, -0.2) is 4.79 Å². The summed E-state index contributed by atoms with van der Waals surface area (Å²) in [6, 6.07) is 10.8. The zero-order valence-electron chi connectivity index (χ0n) is 16.4. The molecule has 8 heteroatoms. The van der Waals surface area contributed by atoms with Crippen molar-refractivity contribution in [2.75, 3.05) is 46.1 Å². The van der Waals surface area contributed by atoms with Crippen molar-refractivity contribution in [1.82, 2.24) is 4.90 Å². The molecule has 1 aliphatic rings. The molecule has 2 aromatic rings. The largest absolute Gasteiger partial charge is 0.497 e. The minimum absolute atomic E-state index is 0.172. The number of nitrogens with one attached hydrogen (secondary N) is 1. The Morgan fingerprint density at radius 3 is 2.50 bits per heavy atom. The number of amides is 2. The summed E-state index contributed by atoms with van der Waals surface area (Å²) >= 11 is 1.69. The van der Waals surface area contributed by atoms with Crippen LogP contribution in [0.1, 0.15) is 10.9 Å². The predicted molar refractivity (Wildman–Crippen MR) is 110 cm³/mol. The smallest absolute Gasteiger partial charge is 0.323 e. The molecule has 0 bridgehead atoms. The highest BCUT2D eigenvalue weighted by molar-refractivity contribution is 7.99. The van der Waals surface area contributed by atoms with Gasteiger partial charge in [0.15, 0.2) is 11.5 Å². The summed E-state index contributed by atoms with van der Waals surface area (Å²) in [5, 5.41) is 2.77. The molecule has 0 aliphatic carbocycles. The van der Waals surface area contributed by atoms with Crippen molar-refractivity contribution in [2.45, 2.75) is 5.37 Å². The predicted octanol–water partition coefficient (Wildman–Crippen LogP) is 4.00. The monoisotopic (exact) mass is 404 g/mol. The molecule has 1 atom stereocenters. The molecular weight excluding hydrogens is 380 g/mol. The fourth-order valence-corrected chi connectivity index (χ4v) is 4.40. The van der Waals surface area contributed by atoms with Gasteiger partial charge in [0.1, 0.15) is 16.9 Å². The van der Waals surface area contributed by atoms with E-state index in [1.165, 1.54) is 0 Å². The number of carbonyl (C=O) groups is 1. The molecule has 0 aromatic heterocycles. The number of hydrogen-bond acceptors (Lipinski definition) is 6. The minimum Gasteiger partial charge on any atom is -0.497 e. The maximum Gasteiger partial charge on any atom is 0.323 e. The molecule has 28 heavy (non-hydrogen) atoms. The lowest BCUT2D eigenvalue weighted by Crippen LogP contribution is -2.34. The van der Waals surface area contributed by atoms with E-state index in [1.54, 1.807) is 63.3 Å². The van der Waals surface area contributed by atoms with Gasteiger partial charge in [-0.2, -0.15) is 0 Å². The quantitative estimate of drug-likeness (QED) is 0.785. The van der Waals surface area contributed by atoms with Crippen molar-refractivity contribution in [1.29, 1.82) is 0 Å². The van der Waals surface area contributed by atoms with Crippen LogP contribution in [0.2, 0.25) is 0 Å². The van der Waals surface area contributed by atoms with Crippen molar-refractivity contribution >= 4 is 23.5 Å². The third-order valence-electron chi connectivity index (χ3n) is 4.50. The number of nitrogens with zero attached hydrogens (tertiary/aromatic N) is 1. The van der Waals surface area contributed by atoms with Gasteiger partial charge < -0.3 is 29.2 Å². The van der Waals surface area contributed by atoms with E-state index in [1.807, 2.05) is 18.2 Å². The molecule has 0 spiro atoms. The third-order valence-corrected chi connectivity index (χ3v) is 5.74. The number of ether oxygens (including phenoxy) is 4. The molecule has 2 aromatic carbocycles. The van der Waals surface area contributed by atoms with E-state index < -0.39 is 0 Å². The van der Waals surface area contributed by atoms with Gasteiger partial charge in [-0.05, 0) is 18.2 Å². The first kappa shape index (κ1) is 20.0. The van der Waals surface area contributed by atoms with Crippen LogP contribution < -0.4 is 24.3 Å². The van der Waals surface area contributed by atoms with Gasteiger partial charge in [-0.3, -0.25) is 0 Å². The van der Waals surface area contributed by atoms with Crippen LogP contribution in [0.25, 0.3) is 0 Å². The topological polar surface area (TPSA) is 69.3 Å². The second-order valence-corrected chi connectivity index (χ2v) is 7.18. The Balaban J connectivity index is 1.85. The average Bonchev–Trinajstić information content (AvgIpc) is 3.23. The molecule has 0 saturated carbocycles. The van der Waals surface area contributed by atoms with Crippen molar-refractivity contribution in [3.05, 3.63) is 42.0 Å². The van der Waals surface area contributed by atoms with Crippen LogP contribution in [0.5, 0.6) is 23.0 Å². The second-order valence-electron chi connectivity index (χ2n) is 6.00. The van der Waals surface area contributed by atoms with Crippen molar-refractivity contribution < 1.29 is 23.7 Å². The molecule has 1 fully saturated rings. The van der Waals surface area contributed by atoms with Gasteiger partial charge in [0, 0.05) is 23.9 Å². The third kappa shape index (κ3) is 3.91. The number of rotatable bonds is 6. The van der Waals surface area contributed by atoms with Gasteiger partial charge in [0.05, 0.1) is 34.1 Å². The summed E-state index contributed by atoms with van der Waals surface area (Å²) < 4.78 is 21.5. The summed E-state index contributed by atoms with van der Waals surface area (Å²) in [5.41, 5.74) is 1.49. The Kier molecular flexibility index (Phi) is 6.41. The first-order chi connectivity index (χ1) is 13.6. The number of carbonyl (C=O) groups excluding carboxylic acids is 1. The van der Waals surface area contributed by atoms with E-state index >= 15 is 0 Å². The maximum absolute atomic E-state index is 13.0. The minimum atomic E-state index is -0.205. The SMILES string of the molecule is COc1ccc(NC(=O)N2CCS[C@H]2c2cccc(OC)c2OC)c(OC)c1. The first-order valence-corrected chi connectivity index (χ1v) is 9.80. The molecule has 1 aliphatic heterocycles. The Morgan fingerprint density at radius 2 is 1.82 bits per heavy atom. The highest BCUT2D eigenvalue weighted by Crippen LogP contribution is 2.45. The molecule has 150 valence electrons. The van der Waals surface area contributed by atoms with Gasteiger partial charge in [0.25, 0.3) is 0 Å². The lowest BCUT2D eigenvalue weighted by atomic mass is 10.1. The summed E-state index contributed by atoms with van der Waals surface area (Å²) in [4.78, 5) is 14.8. The van der Waals surface area contributed by atoms with Crippen molar-refractivity contribution in [3.8, 4) is 23.0 Å². The lowest BCUT2D eigenvalue weighted by molar-refractivity contribution is 0.213. The molecule has 1 heterocycles. The van der Waals surface area contributed by atoms with Gasteiger partial charge in [-0.1, -0.05) is 12.1 Å². The molecule has 7 nitrogen and oxygen atoms in total. The Labute approximate surface area is 168 Å².